The van der Waals surface area contributed by atoms with Crippen molar-refractivity contribution in [3.8, 4) is 5.88 Å². The minimum atomic E-state index is -0.0916. The molecule has 0 aliphatic carbocycles. The van der Waals surface area contributed by atoms with Crippen molar-refractivity contribution >= 4 is 39.5 Å². The Morgan fingerprint density at radius 1 is 1.23 bits per heavy atom. The molecule has 26 heavy (non-hydrogen) atoms. The van der Waals surface area contributed by atoms with E-state index < -0.39 is 0 Å². The molecular formula is C18H20Cl2N4OS. The zero-order chi connectivity index (χ0) is 18.4. The standard InChI is InChI=1S/C18H20Cl2N4OS/c1-10-5-7-23(8-6-10)15(12-3-4-13(19)14(20)9-12)16-17(25)24-18(26-16)21-11(2)22-24/h3-4,9-10,15,25H,5-8H2,1-2H3. The third kappa shape index (κ3) is 3.20. The third-order valence-electron chi connectivity index (χ3n) is 5.00. The monoisotopic (exact) mass is 410 g/mol. The lowest BCUT2D eigenvalue weighted by Gasteiger charge is -2.36. The van der Waals surface area contributed by atoms with Gasteiger partial charge in [-0.05, 0) is 56.5 Å². The van der Waals surface area contributed by atoms with Crippen LogP contribution in [0.4, 0.5) is 0 Å². The summed E-state index contributed by atoms with van der Waals surface area (Å²) in [6.45, 7) is 6.05. The van der Waals surface area contributed by atoms with E-state index in [1.165, 1.54) is 15.9 Å². The molecule has 0 bridgehead atoms. The highest BCUT2D eigenvalue weighted by molar-refractivity contribution is 7.17. The fourth-order valence-corrected chi connectivity index (χ4v) is 4.99. The normalized spacial score (nSPS) is 17.8. The Kier molecular flexibility index (Phi) is 4.86. The number of likely N-dealkylation sites (tertiary alicyclic amines) is 1. The third-order valence-corrected chi connectivity index (χ3v) is 6.81. The van der Waals surface area contributed by atoms with Crippen LogP contribution in [0.1, 0.15) is 42.1 Å². The second-order valence-corrected chi connectivity index (χ2v) is 8.76. The van der Waals surface area contributed by atoms with E-state index in [-0.39, 0.29) is 11.9 Å². The minimum Gasteiger partial charge on any atom is -0.492 e. The van der Waals surface area contributed by atoms with Gasteiger partial charge >= 0.3 is 0 Å². The molecule has 8 heteroatoms. The Balaban J connectivity index is 1.82. The van der Waals surface area contributed by atoms with Crippen molar-refractivity contribution in [2.75, 3.05) is 13.1 Å². The second kappa shape index (κ2) is 7.00. The van der Waals surface area contributed by atoms with Gasteiger partial charge in [-0.1, -0.05) is 47.5 Å². The van der Waals surface area contributed by atoms with E-state index in [1.54, 1.807) is 0 Å². The van der Waals surface area contributed by atoms with Crippen LogP contribution in [0.3, 0.4) is 0 Å². The lowest BCUT2D eigenvalue weighted by molar-refractivity contribution is 0.157. The van der Waals surface area contributed by atoms with Crippen LogP contribution in [0.15, 0.2) is 18.2 Å². The van der Waals surface area contributed by atoms with Gasteiger partial charge in [0.25, 0.3) is 0 Å². The van der Waals surface area contributed by atoms with Gasteiger partial charge in [0.15, 0.2) is 0 Å². The van der Waals surface area contributed by atoms with Crippen LogP contribution >= 0.6 is 34.5 Å². The lowest BCUT2D eigenvalue weighted by Crippen LogP contribution is -2.36. The number of aromatic hydroxyl groups is 1. The van der Waals surface area contributed by atoms with Crippen molar-refractivity contribution in [2.45, 2.75) is 32.7 Å². The van der Waals surface area contributed by atoms with E-state index in [0.717, 1.165) is 42.3 Å². The summed E-state index contributed by atoms with van der Waals surface area (Å²) in [7, 11) is 0. The van der Waals surface area contributed by atoms with Gasteiger partial charge in [0.05, 0.1) is 21.0 Å². The molecule has 1 aromatic carbocycles. The SMILES string of the molecule is Cc1nc2sc(C(c3ccc(Cl)c(Cl)c3)N3CCC(C)CC3)c(O)n2n1. The van der Waals surface area contributed by atoms with Crippen molar-refractivity contribution in [3.05, 3.63) is 44.5 Å². The van der Waals surface area contributed by atoms with E-state index in [1.807, 2.05) is 25.1 Å². The molecule has 0 saturated carbocycles. The Labute approximate surface area is 166 Å². The minimum absolute atomic E-state index is 0.0916. The highest BCUT2D eigenvalue weighted by Gasteiger charge is 2.31. The van der Waals surface area contributed by atoms with Crippen molar-refractivity contribution < 1.29 is 5.11 Å². The number of thiazole rings is 1. The Hall–Kier alpha value is -1.34. The fourth-order valence-electron chi connectivity index (χ4n) is 3.52. The summed E-state index contributed by atoms with van der Waals surface area (Å²) in [4.78, 5) is 8.34. The summed E-state index contributed by atoms with van der Waals surface area (Å²) >= 11 is 13.9. The summed E-state index contributed by atoms with van der Waals surface area (Å²) in [5, 5.41) is 16.2. The number of piperidine rings is 1. The van der Waals surface area contributed by atoms with Crippen LogP contribution < -0.4 is 0 Å². The predicted octanol–water partition coefficient (Wildman–Crippen LogP) is 4.93. The first kappa shape index (κ1) is 18.0. The number of hydrogen-bond acceptors (Lipinski definition) is 5. The van der Waals surface area contributed by atoms with Crippen molar-refractivity contribution in [3.63, 3.8) is 0 Å². The van der Waals surface area contributed by atoms with Gasteiger partial charge in [-0.2, -0.15) is 4.52 Å². The molecule has 1 N–H and O–H groups in total. The molecule has 138 valence electrons. The molecule has 4 rings (SSSR count). The van der Waals surface area contributed by atoms with Gasteiger partial charge in [-0.15, -0.1) is 5.10 Å². The molecule has 5 nitrogen and oxygen atoms in total. The number of rotatable bonds is 3. The maximum atomic E-state index is 10.8. The molecule has 1 saturated heterocycles. The Bertz CT molecular complexity index is 946. The summed E-state index contributed by atoms with van der Waals surface area (Å²) in [5.41, 5.74) is 1.02. The smallest absolute Gasteiger partial charge is 0.230 e. The average molecular weight is 411 g/mol. The van der Waals surface area contributed by atoms with Gasteiger partial charge in [0, 0.05) is 0 Å². The summed E-state index contributed by atoms with van der Waals surface area (Å²) in [5.74, 6) is 1.52. The second-order valence-electron chi connectivity index (χ2n) is 6.94. The van der Waals surface area contributed by atoms with Gasteiger partial charge in [-0.3, -0.25) is 4.90 Å². The molecule has 0 radical (unpaired) electrons. The molecule has 2 aromatic heterocycles. The molecular weight excluding hydrogens is 391 g/mol. The van der Waals surface area contributed by atoms with Crippen LogP contribution in [0, 0.1) is 12.8 Å². The van der Waals surface area contributed by atoms with Gasteiger partial charge < -0.3 is 5.11 Å². The van der Waals surface area contributed by atoms with E-state index >= 15 is 0 Å². The molecule has 1 aliphatic rings. The van der Waals surface area contributed by atoms with Crippen molar-refractivity contribution in [1.29, 1.82) is 0 Å². The zero-order valence-corrected chi connectivity index (χ0v) is 16.9. The van der Waals surface area contributed by atoms with Crippen molar-refractivity contribution in [2.24, 2.45) is 5.92 Å². The van der Waals surface area contributed by atoms with E-state index in [9.17, 15) is 5.11 Å². The molecule has 1 unspecified atom stereocenters. The van der Waals surface area contributed by atoms with Gasteiger partial charge in [0.2, 0.25) is 10.8 Å². The van der Waals surface area contributed by atoms with E-state index in [2.05, 4.69) is 21.9 Å². The molecule has 1 fully saturated rings. The van der Waals surface area contributed by atoms with Crippen molar-refractivity contribution in [1.82, 2.24) is 19.5 Å². The number of fused-ring (bicyclic) bond motifs is 1. The predicted molar refractivity (Wildman–Crippen MR) is 106 cm³/mol. The number of aryl methyl sites for hydroxylation is 1. The highest BCUT2D eigenvalue weighted by atomic mass is 35.5. The maximum absolute atomic E-state index is 10.8. The van der Waals surface area contributed by atoms with E-state index in [4.69, 9.17) is 23.2 Å². The van der Waals surface area contributed by atoms with Crippen LogP contribution in [0.2, 0.25) is 10.0 Å². The Morgan fingerprint density at radius 2 is 1.96 bits per heavy atom. The summed E-state index contributed by atoms with van der Waals surface area (Å²) < 4.78 is 1.52. The highest BCUT2D eigenvalue weighted by Crippen LogP contribution is 2.42. The van der Waals surface area contributed by atoms with E-state index in [0.29, 0.717) is 20.8 Å². The first-order valence-electron chi connectivity index (χ1n) is 8.68. The lowest BCUT2D eigenvalue weighted by atomic mass is 9.95. The number of benzene rings is 1. The molecule has 0 amide bonds. The first-order valence-corrected chi connectivity index (χ1v) is 10.3. The topological polar surface area (TPSA) is 53.7 Å². The molecule has 1 atom stereocenters. The van der Waals surface area contributed by atoms with Crippen LogP contribution in [0.5, 0.6) is 5.88 Å². The average Bonchev–Trinajstić information content (AvgIpc) is 3.11. The molecule has 3 aromatic rings. The number of nitrogens with zero attached hydrogens (tertiary/aromatic N) is 4. The summed E-state index contributed by atoms with van der Waals surface area (Å²) in [6, 6.07) is 5.60. The van der Waals surface area contributed by atoms with Gasteiger partial charge in [-0.25, -0.2) is 4.98 Å². The number of hydrogen-bond donors (Lipinski definition) is 1. The molecule has 1 aliphatic heterocycles. The fraction of sp³-hybridized carbons (Fsp3) is 0.444. The first-order chi connectivity index (χ1) is 12.4. The van der Waals surface area contributed by atoms with Crippen LogP contribution in [-0.4, -0.2) is 37.7 Å². The number of aromatic nitrogens is 3. The Morgan fingerprint density at radius 3 is 2.62 bits per heavy atom. The van der Waals surface area contributed by atoms with Crippen LogP contribution in [0.25, 0.3) is 4.96 Å². The zero-order valence-electron chi connectivity index (χ0n) is 14.6. The van der Waals surface area contributed by atoms with Crippen LogP contribution in [-0.2, 0) is 0 Å². The molecule has 3 heterocycles. The van der Waals surface area contributed by atoms with Gasteiger partial charge in [0.1, 0.15) is 5.82 Å². The largest absolute Gasteiger partial charge is 0.492 e. The summed E-state index contributed by atoms with van der Waals surface area (Å²) in [6.07, 6.45) is 2.27. The number of halogens is 2. The molecule has 0 spiro atoms. The quantitative estimate of drug-likeness (QED) is 0.664. The maximum Gasteiger partial charge on any atom is 0.230 e.